The smallest absolute Gasteiger partial charge is 0.158 e. The number of benzene rings is 2. The van der Waals surface area contributed by atoms with E-state index in [1.54, 1.807) is 42.5 Å². The number of nitrogens with zero attached hydrogens (tertiary/aromatic N) is 4. The van der Waals surface area contributed by atoms with E-state index < -0.39 is 0 Å². The summed E-state index contributed by atoms with van der Waals surface area (Å²) in [5.74, 6) is 1.50. The Hall–Kier alpha value is -3.45. The predicted molar refractivity (Wildman–Crippen MR) is 137 cm³/mol. The lowest BCUT2D eigenvalue weighted by Gasteiger charge is -2.18. The van der Waals surface area contributed by atoms with Crippen LogP contribution in [0.3, 0.4) is 0 Å². The molecule has 2 aromatic carbocycles. The normalized spacial score (nSPS) is 14.0. The zero-order valence-corrected chi connectivity index (χ0v) is 20.2. The molecule has 0 N–H and O–H groups in total. The average molecular weight is 475 g/mol. The number of allylic oxidation sites excluding steroid dienone is 1. The van der Waals surface area contributed by atoms with Crippen LogP contribution >= 0.6 is 11.8 Å². The monoisotopic (exact) mass is 474 g/mol. The van der Waals surface area contributed by atoms with Gasteiger partial charge in [-0.1, -0.05) is 55.4 Å². The van der Waals surface area contributed by atoms with Gasteiger partial charge in [-0.15, -0.1) is 11.8 Å². The second kappa shape index (κ2) is 11.1. The van der Waals surface area contributed by atoms with Crippen LogP contribution in [0.15, 0.2) is 98.2 Å². The first-order valence-corrected chi connectivity index (χ1v) is 12.2. The fourth-order valence-electron chi connectivity index (χ4n) is 3.39. The van der Waals surface area contributed by atoms with Crippen molar-refractivity contribution >= 4 is 23.7 Å². The Morgan fingerprint density at radius 2 is 1.97 bits per heavy atom. The molecule has 174 valence electrons. The van der Waals surface area contributed by atoms with E-state index in [-0.39, 0.29) is 5.82 Å². The molecule has 1 aliphatic heterocycles. The molecule has 0 aliphatic carbocycles. The standard InChI is InChI=1S/C27H27FN4OS/c1-4-5-14-34-23-12-10-21(11-13-23)26-15-22(33-31-26)17-32-18-27(19(2)16-29-32)30-20(3)24-8-6-7-9-25(24)28/h6-13,15-16,18H,2,4-5,14,17H2,1,3H3. The second-order valence-corrected chi connectivity index (χ2v) is 9.13. The number of rotatable bonds is 9. The molecule has 0 bridgehead atoms. The molecule has 4 rings (SSSR count). The van der Waals surface area contributed by atoms with Crippen LogP contribution in [0.2, 0.25) is 0 Å². The van der Waals surface area contributed by atoms with Gasteiger partial charge >= 0.3 is 0 Å². The number of hydrogen-bond acceptors (Lipinski definition) is 6. The summed E-state index contributed by atoms with van der Waals surface area (Å²) < 4.78 is 19.7. The summed E-state index contributed by atoms with van der Waals surface area (Å²) in [4.78, 5) is 5.84. The highest BCUT2D eigenvalue weighted by Gasteiger charge is 2.15. The van der Waals surface area contributed by atoms with Crippen molar-refractivity contribution in [3.8, 4) is 11.3 Å². The number of halogens is 1. The number of aliphatic imine (C=N–C) groups is 1. The summed E-state index contributed by atoms with van der Waals surface area (Å²) in [6.07, 6.45) is 5.84. The van der Waals surface area contributed by atoms with Crippen LogP contribution in [0.1, 0.15) is 38.0 Å². The van der Waals surface area contributed by atoms with Crippen molar-refractivity contribution in [2.75, 3.05) is 5.75 Å². The molecule has 0 saturated heterocycles. The summed E-state index contributed by atoms with van der Waals surface area (Å²) in [5, 5.41) is 10.3. The summed E-state index contributed by atoms with van der Waals surface area (Å²) in [5.41, 5.74) is 4.09. The van der Waals surface area contributed by atoms with Gasteiger partial charge in [0.1, 0.15) is 18.1 Å². The molecule has 0 fully saturated rings. The summed E-state index contributed by atoms with van der Waals surface area (Å²) in [7, 11) is 0. The lowest BCUT2D eigenvalue weighted by Crippen LogP contribution is -2.15. The first-order valence-electron chi connectivity index (χ1n) is 11.2. The SMILES string of the molecule is C=C1C=NN(Cc2cc(-c3ccc(SCCCC)cc3)no2)C=C1N=C(C)c1ccccc1F. The minimum Gasteiger partial charge on any atom is -0.359 e. The van der Waals surface area contributed by atoms with Gasteiger partial charge < -0.3 is 4.52 Å². The van der Waals surface area contributed by atoms with Crippen molar-refractivity contribution in [2.45, 2.75) is 38.1 Å². The van der Waals surface area contributed by atoms with Crippen LogP contribution < -0.4 is 0 Å². The Balaban J connectivity index is 1.44. The fraction of sp³-hybridized carbons (Fsp3) is 0.222. The Morgan fingerprint density at radius 1 is 1.18 bits per heavy atom. The Labute approximate surface area is 203 Å². The van der Waals surface area contributed by atoms with Crippen LogP contribution in [-0.2, 0) is 6.54 Å². The number of unbranched alkanes of at least 4 members (excludes halogenated alkanes) is 1. The molecular weight excluding hydrogens is 447 g/mol. The number of hydrogen-bond donors (Lipinski definition) is 0. The topological polar surface area (TPSA) is 54.0 Å². The molecule has 7 heteroatoms. The molecule has 0 saturated carbocycles. The molecule has 0 radical (unpaired) electrons. The van der Waals surface area contributed by atoms with Gasteiger partial charge in [0.2, 0.25) is 0 Å². The van der Waals surface area contributed by atoms with E-state index in [9.17, 15) is 4.39 Å². The molecule has 2 heterocycles. The Kier molecular flexibility index (Phi) is 7.75. The maximum atomic E-state index is 14.1. The van der Waals surface area contributed by atoms with Crippen LogP contribution in [0, 0.1) is 5.82 Å². The van der Waals surface area contributed by atoms with Gasteiger partial charge in [0.25, 0.3) is 0 Å². The minimum absolute atomic E-state index is 0.307. The number of aromatic nitrogens is 1. The first kappa shape index (κ1) is 23.7. The van der Waals surface area contributed by atoms with Gasteiger partial charge in [-0.25, -0.2) is 4.39 Å². The predicted octanol–water partition coefficient (Wildman–Crippen LogP) is 7.08. The zero-order chi connectivity index (χ0) is 23.9. The van der Waals surface area contributed by atoms with Crippen LogP contribution in [0.25, 0.3) is 11.3 Å². The van der Waals surface area contributed by atoms with E-state index in [0.717, 1.165) is 17.0 Å². The van der Waals surface area contributed by atoms with E-state index >= 15 is 0 Å². The highest BCUT2D eigenvalue weighted by atomic mass is 32.2. The van der Waals surface area contributed by atoms with Crippen LogP contribution in [-0.4, -0.2) is 27.8 Å². The van der Waals surface area contributed by atoms with E-state index in [4.69, 9.17) is 4.52 Å². The molecule has 34 heavy (non-hydrogen) atoms. The van der Waals surface area contributed by atoms with Gasteiger partial charge in [-0.2, -0.15) is 5.10 Å². The largest absolute Gasteiger partial charge is 0.359 e. The van der Waals surface area contributed by atoms with E-state index in [0.29, 0.717) is 34.9 Å². The minimum atomic E-state index is -0.307. The molecule has 0 amide bonds. The van der Waals surface area contributed by atoms with Gasteiger partial charge in [-0.05, 0) is 37.3 Å². The van der Waals surface area contributed by atoms with Gasteiger partial charge in [0.15, 0.2) is 5.76 Å². The van der Waals surface area contributed by atoms with Crippen molar-refractivity contribution < 1.29 is 8.91 Å². The summed E-state index contributed by atoms with van der Waals surface area (Å²) in [6.45, 7) is 8.37. The van der Waals surface area contributed by atoms with Gasteiger partial charge in [-0.3, -0.25) is 10.0 Å². The molecule has 0 atom stereocenters. The maximum absolute atomic E-state index is 14.1. The molecule has 1 aromatic heterocycles. The summed E-state index contributed by atoms with van der Waals surface area (Å²) >= 11 is 1.87. The Morgan fingerprint density at radius 3 is 2.74 bits per heavy atom. The lowest BCUT2D eigenvalue weighted by atomic mass is 10.1. The van der Waals surface area contributed by atoms with Crippen molar-refractivity contribution in [2.24, 2.45) is 10.1 Å². The number of hydrazone groups is 1. The van der Waals surface area contributed by atoms with Gasteiger partial charge in [0.05, 0.1) is 18.1 Å². The van der Waals surface area contributed by atoms with E-state index in [1.165, 1.54) is 23.8 Å². The van der Waals surface area contributed by atoms with E-state index in [2.05, 4.69) is 53.0 Å². The zero-order valence-electron chi connectivity index (χ0n) is 19.4. The molecular formula is C27H27FN4OS. The van der Waals surface area contributed by atoms with Crippen molar-refractivity contribution in [1.29, 1.82) is 0 Å². The Bertz CT molecular complexity index is 1240. The summed E-state index contributed by atoms with van der Waals surface area (Å²) in [6, 6.07) is 16.9. The van der Waals surface area contributed by atoms with Crippen LogP contribution in [0.5, 0.6) is 0 Å². The van der Waals surface area contributed by atoms with Crippen molar-refractivity contribution in [3.63, 3.8) is 0 Å². The third kappa shape index (κ3) is 5.91. The average Bonchev–Trinajstić information content (AvgIpc) is 3.30. The van der Waals surface area contributed by atoms with E-state index in [1.807, 2.05) is 17.8 Å². The molecule has 1 aliphatic rings. The quantitative estimate of drug-likeness (QED) is 0.189. The second-order valence-electron chi connectivity index (χ2n) is 7.96. The molecule has 3 aromatic rings. The van der Waals surface area contributed by atoms with Crippen molar-refractivity contribution in [1.82, 2.24) is 10.2 Å². The highest BCUT2D eigenvalue weighted by molar-refractivity contribution is 7.99. The molecule has 5 nitrogen and oxygen atoms in total. The molecule has 0 spiro atoms. The highest BCUT2D eigenvalue weighted by Crippen LogP contribution is 2.26. The van der Waals surface area contributed by atoms with Crippen molar-refractivity contribution in [3.05, 3.63) is 95.8 Å². The third-order valence-electron chi connectivity index (χ3n) is 5.31. The van der Waals surface area contributed by atoms with Gasteiger partial charge in [0, 0.05) is 33.4 Å². The lowest BCUT2D eigenvalue weighted by molar-refractivity contribution is 0.305. The maximum Gasteiger partial charge on any atom is 0.158 e. The first-order chi connectivity index (χ1) is 16.5. The number of thioether (sulfide) groups is 1. The molecule has 0 unspecified atom stereocenters. The fourth-order valence-corrected chi connectivity index (χ4v) is 4.39. The third-order valence-corrected chi connectivity index (χ3v) is 6.41. The van der Waals surface area contributed by atoms with Crippen LogP contribution in [0.4, 0.5) is 4.39 Å².